The van der Waals surface area contributed by atoms with E-state index in [1.54, 1.807) is 18.2 Å². The van der Waals surface area contributed by atoms with Gasteiger partial charge >= 0.3 is 0 Å². The van der Waals surface area contributed by atoms with Crippen LogP contribution < -0.4 is 4.74 Å². The van der Waals surface area contributed by atoms with Crippen molar-refractivity contribution in [3.8, 4) is 11.8 Å². The summed E-state index contributed by atoms with van der Waals surface area (Å²) in [5, 5.41) is 9.30. The zero-order valence-electron chi connectivity index (χ0n) is 10.4. The van der Waals surface area contributed by atoms with Crippen LogP contribution in [0.25, 0.3) is 0 Å². The molecule has 0 heterocycles. The number of rotatable bonds is 4. The summed E-state index contributed by atoms with van der Waals surface area (Å²) < 4.78 is 32.2. The molecule has 0 unspecified atom stereocenters. The maximum absolute atomic E-state index is 13.7. The van der Waals surface area contributed by atoms with Gasteiger partial charge < -0.3 is 4.74 Å². The molecule has 20 heavy (non-hydrogen) atoms. The molecule has 0 atom stereocenters. The van der Waals surface area contributed by atoms with Crippen molar-refractivity contribution >= 4 is 15.9 Å². The average molecular weight is 338 g/mol. The fourth-order valence-electron chi connectivity index (χ4n) is 1.65. The Morgan fingerprint density at radius 1 is 1.05 bits per heavy atom. The van der Waals surface area contributed by atoms with Crippen LogP contribution in [-0.4, -0.2) is 0 Å². The third-order valence-corrected chi connectivity index (χ3v) is 3.34. The Bertz CT molecular complexity index is 667. The predicted octanol–water partition coefficient (Wildman–Crippen LogP) is 4.31. The second-order valence-electron chi connectivity index (χ2n) is 4.11. The van der Waals surface area contributed by atoms with Crippen LogP contribution in [0.5, 0.6) is 5.75 Å². The number of ether oxygens (including phenoxy) is 1. The average Bonchev–Trinajstić information content (AvgIpc) is 2.47. The molecule has 0 fully saturated rings. The smallest absolute Gasteiger partial charge is 0.165 e. The fourth-order valence-corrected chi connectivity index (χ4v) is 2.00. The van der Waals surface area contributed by atoms with Crippen LogP contribution in [0.15, 0.2) is 36.4 Å². The van der Waals surface area contributed by atoms with Crippen LogP contribution in [0.3, 0.4) is 0 Å². The van der Waals surface area contributed by atoms with Gasteiger partial charge in [-0.2, -0.15) is 5.26 Å². The molecule has 0 aromatic heterocycles. The normalized spacial score (nSPS) is 10.1. The molecule has 0 spiro atoms. The van der Waals surface area contributed by atoms with Crippen LogP contribution in [0.4, 0.5) is 8.78 Å². The van der Waals surface area contributed by atoms with Crippen LogP contribution in [0, 0.1) is 23.0 Å². The summed E-state index contributed by atoms with van der Waals surface area (Å²) in [7, 11) is 0. The number of hydrogen-bond acceptors (Lipinski definition) is 2. The van der Waals surface area contributed by atoms with Gasteiger partial charge in [0.1, 0.15) is 18.5 Å². The largest absolute Gasteiger partial charge is 0.486 e. The third kappa shape index (κ3) is 3.34. The summed E-state index contributed by atoms with van der Waals surface area (Å²) in [4.78, 5) is 0. The Kier molecular flexibility index (Phi) is 4.70. The quantitative estimate of drug-likeness (QED) is 0.779. The number of halogens is 3. The first-order valence-electron chi connectivity index (χ1n) is 5.79. The third-order valence-electron chi connectivity index (χ3n) is 2.70. The van der Waals surface area contributed by atoms with E-state index in [-0.39, 0.29) is 17.9 Å². The van der Waals surface area contributed by atoms with Crippen molar-refractivity contribution in [2.45, 2.75) is 11.9 Å². The predicted molar refractivity (Wildman–Crippen MR) is 74.5 cm³/mol. The van der Waals surface area contributed by atoms with Gasteiger partial charge in [-0.05, 0) is 35.4 Å². The Hall–Kier alpha value is -1.93. The Labute approximate surface area is 123 Å². The number of hydrogen-bond donors (Lipinski definition) is 0. The lowest BCUT2D eigenvalue weighted by molar-refractivity contribution is 0.290. The van der Waals surface area contributed by atoms with Gasteiger partial charge in [0.2, 0.25) is 0 Å². The van der Waals surface area contributed by atoms with Gasteiger partial charge in [-0.25, -0.2) is 8.78 Å². The molecule has 0 aliphatic heterocycles. The van der Waals surface area contributed by atoms with Gasteiger partial charge in [-0.3, -0.25) is 0 Å². The molecular weight excluding hydrogens is 328 g/mol. The molecular formula is C15H10BrF2NO. The van der Waals surface area contributed by atoms with E-state index in [4.69, 9.17) is 10.00 Å². The van der Waals surface area contributed by atoms with Crippen molar-refractivity contribution in [1.29, 1.82) is 5.26 Å². The van der Waals surface area contributed by atoms with Crippen molar-refractivity contribution in [2.75, 3.05) is 0 Å². The molecule has 0 saturated carbocycles. The van der Waals surface area contributed by atoms with Gasteiger partial charge in [0.25, 0.3) is 0 Å². The minimum absolute atomic E-state index is 0.0544. The van der Waals surface area contributed by atoms with Crippen LogP contribution in [0.1, 0.15) is 16.7 Å². The number of alkyl halides is 1. The molecule has 2 rings (SSSR count). The van der Waals surface area contributed by atoms with Crippen molar-refractivity contribution in [2.24, 2.45) is 0 Å². The summed E-state index contributed by atoms with van der Waals surface area (Å²) in [5.74, 6) is -0.911. The van der Waals surface area contributed by atoms with E-state index in [9.17, 15) is 8.78 Å². The SMILES string of the molecule is N#Cc1cc(COc2ccc(CBr)cc2F)ccc1F. The van der Waals surface area contributed by atoms with E-state index < -0.39 is 11.6 Å². The molecule has 5 heteroatoms. The highest BCUT2D eigenvalue weighted by atomic mass is 79.9. The van der Waals surface area contributed by atoms with E-state index in [1.807, 2.05) is 0 Å². The zero-order valence-corrected chi connectivity index (χ0v) is 12.0. The Morgan fingerprint density at radius 2 is 1.80 bits per heavy atom. The van der Waals surface area contributed by atoms with Gasteiger partial charge in [-0.1, -0.05) is 28.1 Å². The lowest BCUT2D eigenvalue weighted by Gasteiger charge is -2.08. The number of nitrogens with zero attached hydrogens (tertiary/aromatic N) is 1. The van der Waals surface area contributed by atoms with E-state index in [0.29, 0.717) is 10.9 Å². The first-order valence-corrected chi connectivity index (χ1v) is 6.92. The lowest BCUT2D eigenvalue weighted by Crippen LogP contribution is -1.99. The molecule has 0 N–H and O–H groups in total. The fraction of sp³-hybridized carbons (Fsp3) is 0.133. The van der Waals surface area contributed by atoms with Gasteiger partial charge in [0.15, 0.2) is 11.6 Å². The maximum atomic E-state index is 13.7. The molecule has 2 aromatic rings. The van der Waals surface area contributed by atoms with Crippen LogP contribution in [-0.2, 0) is 11.9 Å². The molecule has 0 saturated heterocycles. The molecule has 2 aromatic carbocycles. The van der Waals surface area contributed by atoms with Gasteiger partial charge in [0, 0.05) is 5.33 Å². The van der Waals surface area contributed by atoms with Crippen molar-refractivity contribution < 1.29 is 13.5 Å². The standard InChI is InChI=1S/C15H10BrF2NO/c16-7-10-2-4-15(14(18)6-10)20-9-11-1-3-13(17)12(5-11)8-19/h1-6H,7,9H2. The van der Waals surface area contributed by atoms with E-state index in [0.717, 1.165) is 5.56 Å². The van der Waals surface area contributed by atoms with Crippen LogP contribution >= 0.6 is 15.9 Å². The first-order chi connectivity index (χ1) is 9.63. The zero-order chi connectivity index (χ0) is 14.5. The van der Waals surface area contributed by atoms with Crippen LogP contribution in [0.2, 0.25) is 0 Å². The maximum Gasteiger partial charge on any atom is 0.165 e. The van der Waals surface area contributed by atoms with Gasteiger partial charge in [-0.15, -0.1) is 0 Å². The molecule has 0 bridgehead atoms. The second kappa shape index (κ2) is 6.49. The minimum Gasteiger partial charge on any atom is -0.486 e. The molecule has 0 radical (unpaired) electrons. The summed E-state index contributed by atoms with van der Waals surface area (Å²) in [5.41, 5.74) is 1.36. The summed E-state index contributed by atoms with van der Waals surface area (Å²) >= 11 is 3.24. The Balaban J connectivity index is 2.11. The van der Waals surface area contributed by atoms with Gasteiger partial charge in [0.05, 0.1) is 5.56 Å². The number of benzene rings is 2. The van der Waals surface area contributed by atoms with Crippen molar-refractivity contribution in [3.63, 3.8) is 0 Å². The molecule has 0 amide bonds. The van der Waals surface area contributed by atoms with E-state index in [2.05, 4.69) is 15.9 Å². The topological polar surface area (TPSA) is 33.0 Å². The molecule has 102 valence electrons. The van der Waals surface area contributed by atoms with E-state index in [1.165, 1.54) is 24.3 Å². The summed E-state index contributed by atoms with van der Waals surface area (Å²) in [6.07, 6.45) is 0. The molecule has 0 aliphatic carbocycles. The first kappa shape index (κ1) is 14.5. The van der Waals surface area contributed by atoms with Crippen molar-refractivity contribution in [1.82, 2.24) is 0 Å². The highest BCUT2D eigenvalue weighted by molar-refractivity contribution is 9.08. The molecule has 2 nitrogen and oxygen atoms in total. The Morgan fingerprint density at radius 3 is 2.45 bits per heavy atom. The summed E-state index contributed by atoms with van der Waals surface area (Å²) in [6, 6.07) is 10.5. The monoisotopic (exact) mass is 337 g/mol. The highest BCUT2D eigenvalue weighted by Crippen LogP contribution is 2.21. The van der Waals surface area contributed by atoms with E-state index >= 15 is 0 Å². The molecule has 0 aliphatic rings. The summed E-state index contributed by atoms with van der Waals surface area (Å²) in [6.45, 7) is 0.0690. The lowest BCUT2D eigenvalue weighted by atomic mass is 10.1. The number of nitriles is 1. The highest BCUT2D eigenvalue weighted by Gasteiger charge is 2.07. The van der Waals surface area contributed by atoms with Crippen molar-refractivity contribution in [3.05, 3.63) is 64.7 Å². The minimum atomic E-state index is -0.580. The second-order valence-corrected chi connectivity index (χ2v) is 4.67.